The van der Waals surface area contributed by atoms with Crippen LogP contribution in [0.5, 0.6) is 0 Å². The van der Waals surface area contributed by atoms with Gasteiger partial charge in [-0.05, 0) is 6.07 Å². The van der Waals surface area contributed by atoms with Crippen molar-refractivity contribution >= 4 is 5.82 Å². The molecule has 3 atom stereocenters. The van der Waals surface area contributed by atoms with Gasteiger partial charge in [0.25, 0.3) is 0 Å². The molecule has 0 spiro atoms. The zero-order valence-electron chi connectivity index (χ0n) is 8.91. The molecular weight excluding hydrogens is 229 g/mol. The topological polar surface area (TPSA) is 90.4 Å². The number of alkyl halides is 1. The van der Waals surface area contributed by atoms with E-state index < -0.39 is 30.8 Å². The van der Waals surface area contributed by atoms with E-state index in [0.29, 0.717) is 0 Å². The fraction of sp³-hybridized carbons (Fsp3) is 0.400. The fourth-order valence-electron chi connectivity index (χ4n) is 1.68. The fourth-order valence-corrected chi connectivity index (χ4v) is 1.68. The number of aliphatic hydroxyl groups is 1. The zero-order chi connectivity index (χ0) is 12.6. The second-order valence-corrected chi connectivity index (χ2v) is 3.73. The monoisotopic (exact) mass is 241 g/mol. The third-order valence-electron chi connectivity index (χ3n) is 2.59. The van der Waals surface area contributed by atoms with E-state index in [1.54, 1.807) is 0 Å². The number of nitrogens with two attached hydrogens (primary N) is 1. The van der Waals surface area contributed by atoms with Gasteiger partial charge in [0.1, 0.15) is 11.9 Å². The van der Waals surface area contributed by atoms with Gasteiger partial charge in [0.05, 0.1) is 6.61 Å². The quantitative estimate of drug-likeness (QED) is 0.688. The largest absolute Gasteiger partial charge is 0.394 e. The molecule has 0 unspecified atom stereocenters. The van der Waals surface area contributed by atoms with E-state index in [4.69, 9.17) is 15.6 Å². The molecular formula is C10H12FN3O3. The second kappa shape index (κ2) is 4.27. The highest BCUT2D eigenvalue weighted by Crippen LogP contribution is 2.33. The Morgan fingerprint density at radius 2 is 2.41 bits per heavy atom. The van der Waals surface area contributed by atoms with Crippen molar-refractivity contribution in [1.29, 1.82) is 0 Å². The average Bonchev–Trinajstić information content (AvgIpc) is 2.57. The molecule has 1 saturated heterocycles. The van der Waals surface area contributed by atoms with E-state index in [1.165, 1.54) is 12.3 Å². The molecule has 92 valence electrons. The number of hydrogen-bond acceptors (Lipinski definition) is 5. The Balaban J connectivity index is 2.35. The molecule has 0 aliphatic carbocycles. The third kappa shape index (κ3) is 1.94. The van der Waals surface area contributed by atoms with Gasteiger partial charge in [0, 0.05) is 11.8 Å². The predicted octanol–water partition coefficient (Wildman–Crippen LogP) is -0.391. The van der Waals surface area contributed by atoms with Gasteiger partial charge in [0.2, 0.25) is 0 Å². The molecule has 0 saturated carbocycles. The summed E-state index contributed by atoms with van der Waals surface area (Å²) in [5.74, 6) is 0.0744. The van der Waals surface area contributed by atoms with E-state index >= 15 is 0 Å². The van der Waals surface area contributed by atoms with Crippen LogP contribution >= 0.6 is 0 Å². The number of aliphatic hydroxyl groups excluding tert-OH is 1. The van der Waals surface area contributed by atoms with E-state index in [9.17, 15) is 9.18 Å². The number of nitrogen functional groups attached to an aromatic ring is 1. The maximum Gasteiger partial charge on any atom is 0.351 e. The summed E-state index contributed by atoms with van der Waals surface area (Å²) >= 11 is 0. The van der Waals surface area contributed by atoms with Crippen LogP contribution in [-0.2, 0) is 4.74 Å². The molecule has 0 amide bonds. The minimum Gasteiger partial charge on any atom is -0.394 e. The summed E-state index contributed by atoms with van der Waals surface area (Å²) in [6.07, 6.45) is -2.11. The average molecular weight is 241 g/mol. The van der Waals surface area contributed by atoms with Crippen molar-refractivity contribution in [3.8, 4) is 0 Å². The van der Waals surface area contributed by atoms with E-state index in [1.807, 2.05) is 0 Å². The van der Waals surface area contributed by atoms with Crippen molar-refractivity contribution < 1.29 is 14.2 Å². The Morgan fingerprint density at radius 3 is 2.94 bits per heavy atom. The summed E-state index contributed by atoms with van der Waals surface area (Å²) < 4.78 is 19.9. The first-order valence-electron chi connectivity index (χ1n) is 4.98. The van der Waals surface area contributed by atoms with E-state index in [2.05, 4.69) is 11.6 Å². The summed E-state index contributed by atoms with van der Waals surface area (Å²) in [7, 11) is 0. The summed E-state index contributed by atoms with van der Waals surface area (Å²) in [5, 5.41) is 8.90. The van der Waals surface area contributed by atoms with Crippen LogP contribution in [-0.4, -0.2) is 33.5 Å². The maximum absolute atomic E-state index is 13.6. The molecule has 17 heavy (non-hydrogen) atoms. The lowest BCUT2D eigenvalue weighted by atomic mass is 10.1. The van der Waals surface area contributed by atoms with Crippen LogP contribution in [0.15, 0.2) is 29.2 Å². The van der Waals surface area contributed by atoms with Crippen molar-refractivity contribution in [3.63, 3.8) is 0 Å². The molecule has 1 aromatic rings. The van der Waals surface area contributed by atoms with Gasteiger partial charge in [-0.1, -0.05) is 6.58 Å². The molecule has 0 radical (unpaired) electrons. The molecule has 0 bridgehead atoms. The van der Waals surface area contributed by atoms with Gasteiger partial charge in [0.15, 0.2) is 12.4 Å². The molecule has 0 aromatic carbocycles. The summed E-state index contributed by atoms with van der Waals surface area (Å²) in [6.45, 7) is 3.05. The SMILES string of the molecule is C=C1[C@@H](F)[C@@H](CO)O[C@H]1n1ccc(N)nc1=O. The number of ether oxygens (including phenoxy) is 1. The first-order valence-corrected chi connectivity index (χ1v) is 4.98. The molecule has 1 aliphatic heterocycles. The first kappa shape index (κ1) is 11.7. The number of anilines is 1. The van der Waals surface area contributed by atoms with Crippen LogP contribution in [0.1, 0.15) is 6.23 Å². The molecule has 1 fully saturated rings. The van der Waals surface area contributed by atoms with Crippen molar-refractivity contribution in [2.45, 2.75) is 18.5 Å². The Kier molecular flexibility index (Phi) is 2.95. The lowest BCUT2D eigenvalue weighted by Gasteiger charge is -2.14. The van der Waals surface area contributed by atoms with E-state index in [0.717, 1.165) is 4.57 Å². The Bertz CT molecular complexity index is 502. The van der Waals surface area contributed by atoms with Crippen LogP contribution in [0.3, 0.4) is 0 Å². The summed E-state index contributed by atoms with van der Waals surface area (Å²) in [4.78, 5) is 15.0. The van der Waals surface area contributed by atoms with Gasteiger partial charge in [-0.3, -0.25) is 4.57 Å². The van der Waals surface area contributed by atoms with Crippen molar-refractivity contribution in [2.75, 3.05) is 12.3 Å². The van der Waals surface area contributed by atoms with Crippen LogP contribution in [0.25, 0.3) is 0 Å². The lowest BCUT2D eigenvalue weighted by molar-refractivity contribution is -0.0321. The molecule has 7 heteroatoms. The highest BCUT2D eigenvalue weighted by atomic mass is 19.1. The van der Waals surface area contributed by atoms with Crippen molar-refractivity contribution in [1.82, 2.24) is 9.55 Å². The number of hydrogen-bond donors (Lipinski definition) is 2. The third-order valence-corrected chi connectivity index (χ3v) is 2.59. The minimum atomic E-state index is -1.51. The first-order chi connectivity index (χ1) is 8.04. The molecule has 3 N–H and O–H groups in total. The standard InChI is InChI=1S/C10H12FN3O3/c1-5-8(11)6(4-15)17-9(5)14-3-2-7(12)13-10(14)16/h2-3,6,8-9,15H,1,4H2,(H2,12,13,16)/t6-,8-,9-/m1/s1. The van der Waals surface area contributed by atoms with Gasteiger partial charge >= 0.3 is 5.69 Å². The highest BCUT2D eigenvalue weighted by molar-refractivity contribution is 5.24. The van der Waals surface area contributed by atoms with Crippen LogP contribution in [0.2, 0.25) is 0 Å². The van der Waals surface area contributed by atoms with Crippen LogP contribution in [0.4, 0.5) is 10.2 Å². The Morgan fingerprint density at radius 1 is 1.71 bits per heavy atom. The maximum atomic E-state index is 13.6. The number of rotatable bonds is 2. The van der Waals surface area contributed by atoms with Gasteiger partial charge in [-0.2, -0.15) is 4.98 Å². The minimum absolute atomic E-state index is 0.0744. The Hall–Kier alpha value is -1.73. The normalized spacial score (nSPS) is 28.6. The zero-order valence-corrected chi connectivity index (χ0v) is 8.91. The number of aromatic nitrogens is 2. The van der Waals surface area contributed by atoms with Crippen molar-refractivity contribution in [3.05, 3.63) is 34.9 Å². The van der Waals surface area contributed by atoms with Crippen LogP contribution < -0.4 is 11.4 Å². The van der Waals surface area contributed by atoms with E-state index in [-0.39, 0.29) is 11.4 Å². The molecule has 2 heterocycles. The van der Waals surface area contributed by atoms with Gasteiger partial charge < -0.3 is 15.6 Å². The van der Waals surface area contributed by atoms with Crippen LogP contribution in [0, 0.1) is 0 Å². The molecule has 2 rings (SSSR count). The van der Waals surface area contributed by atoms with Crippen molar-refractivity contribution in [2.24, 2.45) is 0 Å². The summed E-state index contributed by atoms with van der Waals surface area (Å²) in [6, 6.07) is 1.40. The molecule has 1 aliphatic rings. The highest BCUT2D eigenvalue weighted by Gasteiger charge is 2.40. The van der Waals surface area contributed by atoms with Gasteiger partial charge in [-0.15, -0.1) is 0 Å². The molecule has 6 nitrogen and oxygen atoms in total. The molecule has 1 aromatic heterocycles. The Labute approximate surface area is 96.1 Å². The predicted molar refractivity (Wildman–Crippen MR) is 57.9 cm³/mol. The smallest absolute Gasteiger partial charge is 0.351 e. The number of nitrogens with zero attached hydrogens (tertiary/aromatic N) is 2. The number of halogens is 1. The van der Waals surface area contributed by atoms with Gasteiger partial charge in [-0.25, -0.2) is 9.18 Å². The second-order valence-electron chi connectivity index (χ2n) is 3.73. The summed E-state index contributed by atoms with van der Waals surface area (Å²) in [5.41, 5.74) is 4.77. The lowest BCUT2D eigenvalue weighted by Crippen LogP contribution is -2.28.